The molecule has 0 radical (unpaired) electrons. The predicted molar refractivity (Wildman–Crippen MR) is 8.24 cm³/mol. The second-order valence-corrected chi connectivity index (χ2v) is 10.1. The Kier molecular flexibility index (Phi) is 199. The van der Waals surface area contributed by atoms with E-state index in [0.717, 1.165) is 0 Å². The fourth-order valence-electron chi connectivity index (χ4n) is 0. The zero-order chi connectivity index (χ0) is 27.0. The minimum absolute atomic E-state index is 0. The first kappa shape index (κ1) is 119. The molecule has 0 fully saturated rings. The summed E-state index contributed by atoms with van der Waals surface area (Å²) in [7, 11) is 0. The van der Waals surface area contributed by atoms with E-state index >= 15 is 0 Å². The van der Waals surface area contributed by atoms with Crippen molar-refractivity contribution in [3.8, 4) is 0 Å². The topological polar surface area (TPSA) is 482 Å². The summed E-state index contributed by atoms with van der Waals surface area (Å²) in [5.74, 6) is 0. The van der Waals surface area contributed by atoms with Crippen molar-refractivity contribution >= 4 is 0 Å². The second kappa shape index (κ2) is 70.0. The summed E-state index contributed by atoms with van der Waals surface area (Å²) < 4.78 is 206. The molecule has 0 aliphatic rings. The van der Waals surface area contributed by atoms with Crippen molar-refractivity contribution in [1.29, 1.82) is 0 Å². The van der Waals surface area contributed by atoms with Gasteiger partial charge in [-0.15, -0.1) is 0 Å². The van der Waals surface area contributed by atoms with Gasteiger partial charge in [0.05, 0.1) is 0 Å². The van der Waals surface area contributed by atoms with Gasteiger partial charge in [-0.1, -0.05) is 0 Å². The average Bonchev–Trinajstić information content (AvgIpc) is 1.94. The Balaban J connectivity index is -0.00000000973. The van der Waals surface area contributed by atoms with Crippen LogP contribution in [0.3, 0.4) is 0 Å². The third-order valence-corrected chi connectivity index (χ3v) is 0. The van der Waals surface area contributed by atoms with Gasteiger partial charge in [0.2, 0.25) is 0 Å². The molecule has 0 aromatic rings. The number of hydrogen-bond donors (Lipinski definition) is 0. The molecular formula is Cr6K12O24. The van der Waals surface area contributed by atoms with Gasteiger partial charge in [0.15, 0.2) is 0 Å². The minimum atomic E-state index is -5.75. The van der Waals surface area contributed by atoms with E-state index in [4.69, 9.17) is 95.5 Å². The Morgan fingerprint density at radius 1 is 0.167 bits per heavy atom. The van der Waals surface area contributed by atoms with Crippen LogP contribution in [0.15, 0.2) is 0 Å². The summed E-state index contributed by atoms with van der Waals surface area (Å²) in [6.07, 6.45) is 0. The summed E-state index contributed by atoms with van der Waals surface area (Å²) in [4.78, 5) is 0. The van der Waals surface area contributed by atoms with Crippen LogP contribution in [-0.4, -0.2) is 0 Å². The van der Waals surface area contributed by atoms with Gasteiger partial charge in [0.25, 0.3) is 0 Å². The van der Waals surface area contributed by atoms with Crippen LogP contribution in [-0.2, 0) is 127 Å². The zero-order valence-corrected chi connectivity index (χ0v) is 69.4. The summed E-state index contributed by atoms with van der Waals surface area (Å²) in [5.41, 5.74) is 0. The molecule has 0 amide bonds. The molecular weight excluding hydrogens is 1170 g/mol. The molecule has 24 nitrogen and oxygen atoms in total. The van der Waals surface area contributed by atoms with E-state index < -0.39 is 81.7 Å². The van der Waals surface area contributed by atoms with Crippen LogP contribution in [0.5, 0.6) is 0 Å². The van der Waals surface area contributed by atoms with Crippen LogP contribution in [0.4, 0.5) is 0 Å². The van der Waals surface area contributed by atoms with Crippen LogP contribution in [0, 0.1) is 0 Å². The van der Waals surface area contributed by atoms with Gasteiger partial charge in [0, 0.05) is 0 Å². The predicted octanol–water partition coefficient (Wildman–Crippen LogP) is -51.7. The first-order chi connectivity index (χ1) is 12.0. The number of hydrogen-bond acceptors (Lipinski definition) is 24. The van der Waals surface area contributed by atoms with E-state index in [-0.39, 0.29) is 617 Å². The summed E-state index contributed by atoms with van der Waals surface area (Å²) in [6, 6.07) is 0. The molecule has 42 heteroatoms. The van der Waals surface area contributed by atoms with Gasteiger partial charge in [-0.25, -0.2) is 0 Å². The molecule has 0 heterocycles. The third-order valence-electron chi connectivity index (χ3n) is 0. The van der Waals surface area contributed by atoms with Crippen molar-refractivity contribution in [3.05, 3.63) is 0 Å². The normalized spacial score (nSPS) is 8.29. The molecule has 0 aromatic heterocycles. The molecule has 0 saturated heterocycles. The molecule has 192 valence electrons. The Bertz CT molecular complexity index is 790. The van der Waals surface area contributed by atoms with Crippen molar-refractivity contribution in [2.45, 2.75) is 0 Å². The van der Waals surface area contributed by atoms with Crippen molar-refractivity contribution in [3.63, 3.8) is 0 Å². The maximum atomic E-state index is 8.59. The molecule has 0 atom stereocenters. The van der Waals surface area contributed by atoms with Crippen LogP contribution >= 0.6 is 0 Å². The summed E-state index contributed by atoms with van der Waals surface area (Å²) in [5, 5.41) is 0. The van der Waals surface area contributed by atoms with E-state index in [1.807, 2.05) is 0 Å². The van der Waals surface area contributed by atoms with E-state index in [1.54, 1.807) is 0 Å². The molecule has 0 aliphatic carbocycles. The van der Waals surface area contributed by atoms with Crippen molar-refractivity contribution < 1.29 is 794 Å². The van der Waals surface area contributed by atoms with E-state index in [1.165, 1.54) is 0 Å². The first-order valence-electron chi connectivity index (χ1n) is 4.00. The van der Waals surface area contributed by atoms with Gasteiger partial charge in [-0.2, -0.15) is 0 Å². The van der Waals surface area contributed by atoms with E-state index in [9.17, 15) is 0 Å². The SMILES string of the molecule is [K+].[K+].[K+].[K+].[K+].[K+].[K+].[K+].[K+].[K+].[K+].[K+].[O]=[Cr](=[O])([O-])[O-].[O]=[Cr](=[O])([O-])[O-].[O]=[Cr](=[O])([O-])[O-].[O]=[Cr](=[O])([O-])[O-].[O]=[Cr](=[O])([O-])[O-].[O]=[Cr](=[O])([O-])[O-]. The average molecular weight is 1170 g/mol. The van der Waals surface area contributed by atoms with Crippen molar-refractivity contribution in [2.75, 3.05) is 0 Å². The maximum absolute atomic E-state index is 8.59. The Morgan fingerprint density at radius 2 is 0.167 bits per heavy atom. The van der Waals surface area contributed by atoms with E-state index in [0.29, 0.717) is 0 Å². The molecule has 0 rings (SSSR count). The van der Waals surface area contributed by atoms with Gasteiger partial charge >= 0.3 is 794 Å². The fourth-order valence-corrected chi connectivity index (χ4v) is 0. The zero-order valence-electron chi connectivity index (χ0n) is 24.2. The molecule has 0 aliphatic heterocycles. The van der Waals surface area contributed by atoms with Crippen LogP contribution in [0.25, 0.3) is 0 Å². The monoisotopic (exact) mass is 1160 g/mol. The van der Waals surface area contributed by atoms with Gasteiger partial charge < -0.3 is 0 Å². The molecule has 0 aromatic carbocycles. The Hall–Kier alpha value is 20.0. The summed E-state index contributed by atoms with van der Waals surface area (Å²) in [6.45, 7) is 0. The molecule has 0 bridgehead atoms. The van der Waals surface area contributed by atoms with Gasteiger partial charge in [-0.3, -0.25) is 0 Å². The van der Waals surface area contributed by atoms with Crippen LogP contribution in [0.1, 0.15) is 0 Å². The molecule has 0 saturated carbocycles. The van der Waals surface area contributed by atoms with Crippen molar-refractivity contribution in [1.82, 2.24) is 0 Å². The Labute approximate surface area is 763 Å². The third kappa shape index (κ3) is 523. The van der Waals surface area contributed by atoms with Crippen LogP contribution in [0.2, 0.25) is 0 Å². The van der Waals surface area contributed by atoms with E-state index in [2.05, 4.69) is 0 Å². The van der Waals surface area contributed by atoms with Gasteiger partial charge in [0.1, 0.15) is 0 Å². The first-order valence-corrected chi connectivity index (χ1v) is 16.5. The van der Waals surface area contributed by atoms with Gasteiger partial charge in [-0.05, 0) is 0 Å². The molecule has 0 unspecified atom stereocenters. The van der Waals surface area contributed by atoms with Crippen LogP contribution < -0.4 is 667 Å². The molecule has 0 N–H and O–H groups in total. The second-order valence-electron chi connectivity index (χ2n) is 2.45. The molecule has 42 heavy (non-hydrogen) atoms. The number of rotatable bonds is 0. The van der Waals surface area contributed by atoms with Crippen molar-refractivity contribution in [2.24, 2.45) is 0 Å². The quantitative estimate of drug-likeness (QED) is 0.203. The molecule has 0 spiro atoms. The summed E-state index contributed by atoms with van der Waals surface area (Å²) >= 11 is -34.5. The standard InChI is InChI=1S/6Cr.12K.24O/q;;;;;;12*+1;;;;;;;;;;;;;12*-1. The fraction of sp³-hybridized carbons (Fsp3) is 0. The Morgan fingerprint density at radius 3 is 0.167 bits per heavy atom.